The molecule has 0 atom stereocenters. The van der Waals surface area contributed by atoms with Gasteiger partial charge < -0.3 is 9.97 Å². The molecule has 0 amide bonds. The zero-order chi connectivity index (χ0) is 30.7. The molecule has 6 heteroatoms. The van der Waals surface area contributed by atoms with E-state index in [1.165, 1.54) is 39.5 Å². The number of nitrogens with zero attached hydrogens (tertiary/aromatic N) is 4. The third-order valence-electron chi connectivity index (χ3n) is 8.77. The van der Waals surface area contributed by atoms with Crippen LogP contribution < -0.4 is 0 Å². The minimum absolute atomic E-state index is 0.216. The summed E-state index contributed by atoms with van der Waals surface area (Å²) in [4.78, 5) is 17.8. The van der Waals surface area contributed by atoms with Crippen LogP contribution in [0.4, 0.5) is 0 Å². The van der Waals surface area contributed by atoms with Gasteiger partial charge in [0.15, 0.2) is 0 Å². The van der Waals surface area contributed by atoms with Gasteiger partial charge in [0.2, 0.25) is 0 Å². The number of aryl methyl sites for hydroxylation is 2. The lowest BCUT2D eigenvalue weighted by Gasteiger charge is -2.04. The van der Waals surface area contributed by atoms with Gasteiger partial charge in [0.25, 0.3) is 0 Å². The van der Waals surface area contributed by atoms with Crippen molar-refractivity contribution in [1.82, 2.24) is 19.9 Å². The number of allylic oxidation sites excluding steroid dienone is 5. The zero-order valence-electron chi connectivity index (χ0n) is 26.2. The fourth-order valence-corrected chi connectivity index (χ4v) is 6.84. The number of H-pyrrole nitrogens is 2. The molecule has 2 N–H and O–H groups in total. The van der Waals surface area contributed by atoms with Gasteiger partial charge in [-0.05, 0) is 108 Å². The highest BCUT2D eigenvalue weighted by atomic mass is 14.8. The molecule has 0 aliphatic carbocycles. The van der Waals surface area contributed by atoms with Crippen molar-refractivity contribution in [1.29, 1.82) is 10.5 Å². The second-order valence-electron chi connectivity index (χ2n) is 10.9. The van der Waals surface area contributed by atoms with Crippen LogP contribution in [-0.4, -0.2) is 19.9 Å². The molecule has 0 spiro atoms. The van der Waals surface area contributed by atoms with Crippen molar-refractivity contribution in [3.8, 4) is 12.1 Å². The fourth-order valence-electron chi connectivity index (χ4n) is 6.84. The average Bonchev–Trinajstić information content (AvgIpc) is 3.72. The quantitative estimate of drug-likeness (QED) is 0.264. The van der Waals surface area contributed by atoms with Crippen LogP contribution in [0.2, 0.25) is 0 Å². The van der Waals surface area contributed by atoms with Crippen LogP contribution in [0.1, 0.15) is 112 Å². The predicted molar refractivity (Wildman–Crippen MR) is 179 cm³/mol. The van der Waals surface area contributed by atoms with E-state index in [4.69, 9.17) is 9.97 Å². The highest BCUT2D eigenvalue weighted by molar-refractivity contribution is 5.96. The van der Waals surface area contributed by atoms with Gasteiger partial charge in [0.1, 0.15) is 0 Å². The Balaban J connectivity index is 2.05. The Hall–Kier alpha value is -4.68. The molecule has 8 bridgehead atoms. The fraction of sp³-hybridized carbons (Fsp3) is 0.351. The Morgan fingerprint density at radius 2 is 1.02 bits per heavy atom. The molecule has 2 aliphatic heterocycles. The Bertz CT molecular complexity index is 1930. The topological polar surface area (TPSA) is 105 Å². The Labute approximate surface area is 254 Å². The maximum Gasteiger partial charge on any atom is 0.0912 e. The normalized spacial score (nSPS) is 13.2. The first-order valence-electron chi connectivity index (χ1n) is 15.6. The standard InChI is InChI=1S/C37H40N6/c1-7-22-23(8-2)31-19-33-25(10-4)27(12-6)35(42-33)21-37-29(15-17-39)28(14-13-16-38)36(43-37)20-34-26(11-5)24(9-3)32(41-34)18-30(22)40-31/h13-14,18-21,41,43H,7-12,15H2,1-6H3/b14-13+,30-18?,31-19?,32-18?,33-19?,34-20?,35-21?,36-20?,37-21?. The van der Waals surface area contributed by atoms with Crippen LogP contribution in [0, 0.1) is 22.7 Å². The molecular formula is C37H40N6. The molecular weight excluding hydrogens is 528 g/mol. The van der Waals surface area contributed by atoms with Gasteiger partial charge in [-0.25, -0.2) is 9.97 Å². The zero-order valence-corrected chi connectivity index (χ0v) is 26.2. The minimum Gasteiger partial charge on any atom is -0.355 e. The van der Waals surface area contributed by atoms with E-state index in [1.54, 1.807) is 0 Å². The summed E-state index contributed by atoms with van der Waals surface area (Å²) >= 11 is 0. The van der Waals surface area contributed by atoms with Gasteiger partial charge in [-0.1, -0.05) is 41.5 Å². The molecule has 6 nitrogen and oxygen atoms in total. The summed E-state index contributed by atoms with van der Waals surface area (Å²) in [6.07, 6.45) is 8.82. The van der Waals surface area contributed by atoms with Gasteiger partial charge in [-0.2, -0.15) is 10.5 Å². The van der Waals surface area contributed by atoms with Gasteiger partial charge in [0.05, 0.1) is 41.3 Å². The van der Waals surface area contributed by atoms with Gasteiger partial charge in [0, 0.05) is 33.7 Å². The molecule has 2 aliphatic rings. The van der Waals surface area contributed by atoms with Gasteiger partial charge in [-0.3, -0.25) is 0 Å². The number of hydrogen-bond donors (Lipinski definition) is 2. The third kappa shape index (κ3) is 5.23. The lowest BCUT2D eigenvalue weighted by Crippen LogP contribution is -1.86. The summed E-state index contributed by atoms with van der Waals surface area (Å²) in [6, 6.07) is 13.1. The first kappa shape index (κ1) is 29.8. The van der Waals surface area contributed by atoms with Crippen molar-refractivity contribution >= 4 is 50.4 Å². The van der Waals surface area contributed by atoms with E-state index in [1.807, 2.05) is 6.08 Å². The number of fused-ring (bicyclic) bond motifs is 8. The summed E-state index contributed by atoms with van der Waals surface area (Å²) < 4.78 is 0. The van der Waals surface area contributed by atoms with Crippen LogP contribution in [0.25, 0.3) is 50.4 Å². The molecule has 5 rings (SSSR count). The molecule has 3 aromatic rings. The van der Waals surface area contributed by atoms with E-state index in [2.05, 4.69) is 87.9 Å². The minimum atomic E-state index is 0.216. The summed E-state index contributed by atoms with van der Waals surface area (Å²) in [5.41, 5.74) is 17.1. The van der Waals surface area contributed by atoms with Gasteiger partial charge in [-0.15, -0.1) is 0 Å². The van der Waals surface area contributed by atoms with Crippen molar-refractivity contribution < 1.29 is 0 Å². The van der Waals surface area contributed by atoms with Crippen LogP contribution in [-0.2, 0) is 19.3 Å². The molecule has 0 unspecified atom stereocenters. The van der Waals surface area contributed by atoms with E-state index < -0.39 is 0 Å². The lowest BCUT2D eigenvalue weighted by molar-refractivity contribution is 1.07. The van der Waals surface area contributed by atoms with E-state index in [-0.39, 0.29) is 6.42 Å². The Kier molecular flexibility index (Phi) is 8.78. The van der Waals surface area contributed by atoms with Crippen LogP contribution in [0.15, 0.2) is 30.3 Å². The van der Waals surface area contributed by atoms with E-state index in [0.29, 0.717) is 0 Å². The van der Waals surface area contributed by atoms with Crippen LogP contribution >= 0.6 is 0 Å². The molecule has 0 fully saturated rings. The van der Waals surface area contributed by atoms with Crippen molar-refractivity contribution in [3.05, 3.63) is 75.4 Å². The second kappa shape index (κ2) is 12.7. The number of aromatic nitrogens is 4. The molecule has 43 heavy (non-hydrogen) atoms. The highest BCUT2D eigenvalue weighted by Gasteiger charge is 2.22. The van der Waals surface area contributed by atoms with E-state index in [0.717, 1.165) is 94.5 Å². The first-order chi connectivity index (χ1) is 21.0. The molecule has 0 saturated carbocycles. The van der Waals surface area contributed by atoms with Crippen LogP contribution in [0.3, 0.4) is 0 Å². The Morgan fingerprint density at radius 3 is 1.47 bits per heavy atom. The second-order valence-corrected chi connectivity index (χ2v) is 10.9. The maximum atomic E-state index is 9.83. The van der Waals surface area contributed by atoms with Crippen molar-refractivity contribution in [2.24, 2.45) is 0 Å². The summed E-state index contributed by atoms with van der Waals surface area (Å²) in [7, 11) is 0. The molecule has 3 aromatic heterocycles. The Morgan fingerprint density at radius 1 is 0.581 bits per heavy atom. The number of hydrogen-bond acceptors (Lipinski definition) is 4. The van der Waals surface area contributed by atoms with E-state index in [9.17, 15) is 10.5 Å². The number of nitrogens with one attached hydrogen (secondary N) is 2. The largest absolute Gasteiger partial charge is 0.355 e. The summed E-state index contributed by atoms with van der Waals surface area (Å²) in [5.74, 6) is 0. The predicted octanol–water partition coefficient (Wildman–Crippen LogP) is 9.50. The number of aromatic amines is 2. The monoisotopic (exact) mass is 568 g/mol. The third-order valence-corrected chi connectivity index (χ3v) is 8.77. The van der Waals surface area contributed by atoms with Crippen molar-refractivity contribution in [2.75, 3.05) is 0 Å². The smallest absolute Gasteiger partial charge is 0.0912 e. The first-order valence-corrected chi connectivity index (χ1v) is 15.6. The molecule has 0 radical (unpaired) electrons. The molecule has 0 aromatic carbocycles. The summed E-state index contributed by atoms with van der Waals surface area (Å²) in [5, 5.41) is 19.2. The lowest BCUT2D eigenvalue weighted by atomic mass is 9.97. The van der Waals surface area contributed by atoms with Crippen molar-refractivity contribution in [2.45, 2.75) is 86.5 Å². The SMILES string of the molecule is CCC1=C(CC)c2cc3[nH]c(cc4[nH]c(cc5nc(cc1n2)C(CC)=C5CC)c(CC)c4CC)c(/C=C/C#N)c3CC#N. The van der Waals surface area contributed by atoms with E-state index >= 15 is 0 Å². The van der Waals surface area contributed by atoms with Crippen LogP contribution in [0.5, 0.6) is 0 Å². The highest BCUT2D eigenvalue weighted by Crippen LogP contribution is 2.39. The average molecular weight is 569 g/mol. The molecule has 218 valence electrons. The number of rotatable bonds is 8. The van der Waals surface area contributed by atoms with Gasteiger partial charge >= 0.3 is 0 Å². The summed E-state index contributed by atoms with van der Waals surface area (Å²) in [6.45, 7) is 13.2. The number of nitriles is 2. The van der Waals surface area contributed by atoms with Crippen molar-refractivity contribution in [3.63, 3.8) is 0 Å². The molecule has 5 heterocycles. The molecule has 0 saturated heterocycles. The maximum absolute atomic E-state index is 9.83.